The van der Waals surface area contributed by atoms with Crippen LogP contribution < -0.4 is 10.3 Å². The summed E-state index contributed by atoms with van der Waals surface area (Å²) in [6.45, 7) is 8.10. The van der Waals surface area contributed by atoms with Crippen LogP contribution in [0.3, 0.4) is 0 Å². The highest BCUT2D eigenvalue weighted by atomic mass is 16.5. The molecule has 0 saturated carbocycles. The van der Waals surface area contributed by atoms with Crippen molar-refractivity contribution in [3.05, 3.63) is 63.6 Å². The van der Waals surface area contributed by atoms with Crippen LogP contribution in [0, 0.1) is 6.92 Å². The summed E-state index contributed by atoms with van der Waals surface area (Å²) in [7, 11) is 1.62. The minimum atomic E-state index is -1.31. The molecule has 1 aliphatic heterocycles. The lowest BCUT2D eigenvalue weighted by Crippen LogP contribution is -2.33. The number of hydrogen-bond acceptors (Lipinski definition) is 4. The Morgan fingerprint density at radius 2 is 1.88 bits per heavy atom. The van der Waals surface area contributed by atoms with Gasteiger partial charge in [0.2, 0.25) is 0 Å². The molecule has 2 aromatic carbocycles. The minimum Gasteiger partial charge on any atom is -0.493 e. The number of fused-ring (bicyclic) bond motifs is 2. The average molecular weight is 436 g/mol. The molecule has 0 radical (unpaired) electrons. The van der Waals surface area contributed by atoms with Crippen LogP contribution in [-0.2, 0) is 23.0 Å². The number of carbonyl (C=O) groups is 1. The number of benzene rings is 2. The second-order valence-electron chi connectivity index (χ2n) is 9.35. The van der Waals surface area contributed by atoms with Gasteiger partial charge < -0.3 is 19.1 Å². The van der Waals surface area contributed by atoms with Gasteiger partial charge in [0.15, 0.2) is 6.10 Å². The van der Waals surface area contributed by atoms with Gasteiger partial charge in [-0.15, -0.1) is 0 Å². The zero-order chi connectivity index (χ0) is 23.2. The Kier molecular flexibility index (Phi) is 5.59. The number of aryl methyl sites for hydroxylation is 2. The first-order chi connectivity index (χ1) is 15.1. The molecule has 1 atom stereocenters. The lowest BCUT2D eigenvalue weighted by Gasteiger charge is -2.29. The van der Waals surface area contributed by atoms with E-state index in [1.54, 1.807) is 13.1 Å². The summed E-state index contributed by atoms with van der Waals surface area (Å²) in [4.78, 5) is 25.7. The van der Waals surface area contributed by atoms with E-state index in [9.17, 15) is 14.7 Å². The smallest absolute Gasteiger partial charge is 0.339 e. The first-order valence-corrected chi connectivity index (χ1v) is 10.9. The quantitative estimate of drug-likeness (QED) is 0.638. The average Bonchev–Trinajstić information content (AvgIpc) is 2.73. The fourth-order valence-corrected chi connectivity index (χ4v) is 4.42. The Labute approximate surface area is 187 Å². The Bertz CT molecular complexity index is 1270. The fourth-order valence-electron chi connectivity index (χ4n) is 4.42. The zero-order valence-electron chi connectivity index (χ0n) is 19.2. The molecule has 0 bridgehead atoms. The van der Waals surface area contributed by atoms with Crippen molar-refractivity contribution in [1.82, 2.24) is 4.57 Å². The van der Waals surface area contributed by atoms with E-state index in [2.05, 4.69) is 6.07 Å². The monoisotopic (exact) mass is 435 g/mol. The molecule has 6 heteroatoms. The molecule has 1 unspecified atom stereocenters. The highest BCUT2D eigenvalue weighted by molar-refractivity contribution is 5.99. The van der Waals surface area contributed by atoms with Crippen LogP contribution in [0.25, 0.3) is 21.9 Å². The number of pyridine rings is 1. The summed E-state index contributed by atoms with van der Waals surface area (Å²) in [5.74, 6) is -0.265. The molecular formula is C26H29NO5. The van der Waals surface area contributed by atoms with E-state index in [-0.39, 0.29) is 5.56 Å². The highest BCUT2D eigenvalue weighted by Crippen LogP contribution is 2.40. The van der Waals surface area contributed by atoms with Gasteiger partial charge in [-0.1, -0.05) is 18.2 Å². The molecule has 168 valence electrons. The van der Waals surface area contributed by atoms with Crippen molar-refractivity contribution < 1.29 is 19.4 Å². The number of carboxylic acids is 1. The van der Waals surface area contributed by atoms with Crippen molar-refractivity contribution >= 4 is 16.7 Å². The number of ether oxygens (including phenoxy) is 2. The predicted molar refractivity (Wildman–Crippen MR) is 124 cm³/mol. The molecule has 0 amide bonds. The summed E-state index contributed by atoms with van der Waals surface area (Å²) in [6, 6.07) is 11.4. The third-order valence-corrected chi connectivity index (χ3v) is 5.82. The molecule has 0 fully saturated rings. The van der Waals surface area contributed by atoms with Crippen molar-refractivity contribution in [3.8, 4) is 16.9 Å². The first-order valence-electron chi connectivity index (χ1n) is 10.9. The van der Waals surface area contributed by atoms with Crippen molar-refractivity contribution in [1.29, 1.82) is 0 Å². The van der Waals surface area contributed by atoms with Crippen molar-refractivity contribution in [2.24, 2.45) is 7.05 Å². The van der Waals surface area contributed by atoms with Crippen molar-refractivity contribution in [2.75, 3.05) is 6.61 Å². The summed E-state index contributed by atoms with van der Waals surface area (Å²) < 4.78 is 13.3. The predicted octanol–water partition coefficient (Wildman–Crippen LogP) is 4.78. The molecule has 2 heterocycles. The zero-order valence-corrected chi connectivity index (χ0v) is 19.2. The number of nitrogens with zero attached hydrogens (tertiary/aromatic N) is 1. The molecule has 1 aromatic heterocycles. The summed E-state index contributed by atoms with van der Waals surface area (Å²) >= 11 is 0. The van der Waals surface area contributed by atoms with Crippen LogP contribution in [0.1, 0.15) is 50.1 Å². The summed E-state index contributed by atoms with van der Waals surface area (Å²) in [5.41, 5.74) is 3.02. The van der Waals surface area contributed by atoms with Crippen molar-refractivity contribution in [2.45, 2.75) is 52.2 Å². The number of rotatable bonds is 4. The van der Waals surface area contributed by atoms with Gasteiger partial charge >= 0.3 is 5.97 Å². The van der Waals surface area contributed by atoms with Crippen LogP contribution >= 0.6 is 0 Å². The van der Waals surface area contributed by atoms with E-state index in [0.29, 0.717) is 28.6 Å². The van der Waals surface area contributed by atoms with E-state index in [1.807, 2.05) is 52.0 Å². The Morgan fingerprint density at radius 3 is 2.53 bits per heavy atom. The van der Waals surface area contributed by atoms with Crippen LogP contribution in [0.5, 0.6) is 5.75 Å². The molecular weight excluding hydrogens is 406 g/mol. The SMILES string of the molecule is Cc1cc2c(cc1-c1c(C(OC(C)(C)C)C(=O)O)n(C)c(=O)c3ccccc13)CCCO2. The standard InChI is InChI=1S/C26H29NO5/c1-15-13-20-16(9-8-12-31-20)14-19(15)21-17-10-6-7-11-18(17)24(28)27(5)22(21)23(25(29)30)32-26(2,3)4/h6-7,10-11,13-14,23H,8-9,12H2,1-5H3,(H,29,30). The van der Waals surface area contributed by atoms with E-state index in [1.165, 1.54) is 4.57 Å². The Hall–Kier alpha value is -3.12. The van der Waals surface area contributed by atoms with E-state index in [0.717, 1.165) is 35.3 Å². The van der Waals surface area contributed by atoms with Crippen LogP contribution in [0.15, 0.2) is 41.2 Å². The van der Waals surface area contributed by atoms with Crippen LogP contribution in [0.2, 0.25) is 0 Å². The highest BCUT2D eigenvalue weighted by Gasteiger charge is 2.33. The number of hydrogen-bond donors (Lipinski definition) is 1. The second kappa shape index (κ2) is 8.10. The van der Waals surface area contributed by atoms with E-state index < -0.39 is 17.7 Å². The summed E-state index contributed by atoms with van der Waals surface area (Å²) in [5, 5.41) is 11.4. The minimum absolute atomic E-state index is 0.248. The number of aliphatic carboxylic acids is 1. The molecule has 0 aliphatic carbocycles. The molecule has 0 spiro atoms. The van der Waals surface area contributed by atoms with Crippen LogP contribution in [-0.4, -0.2) is 27.9 Å². The maximum Gasteiger partial charge on any atom is 0.339 e. The van der Waals surface area contributed by atoms with Gasteiger partial charge in [0.25, 0.3) is 5.56 Å². The maximum atomic E-state index is 13.2. The van der Waals surface area contributed by atoms with Gasteiger partial charge in [-0.05, 0) is 80.8 Å². The molecule has 4 rings (SSSR count). The van der Waals surface area contributed by atoms with Gasteiger partial charge in [-0.25, -0.2) is 4.79 Å². The maximum absolute atomic E-state index is 13.2. The largest absolute Gasteiger partial charge is 0.493 e. The fraction of sp³-hybridized carbons (Fsp3) is 0.385. The molecule has 1 N–H and O–H groups in total. The Morgan fingerprint density at radius 1 is 1.19 bits per heavy atom. The first kappa shape index (κ1) is 22.1. The normalized spacial score (nSPS) is 14.7. The van der Waals surface area contributed by atoms with Gasteiger partial charge in [0.05, 0.1) is 17.9 Å². The van der Waals surface area contributed by atoms with Crippen molar-refractivity contribution in [3.63, 3.8) is 0 Å². The summed E-state index contributed by atoms with van der Waals surface area (Å²) in [6.07, 6.45) is 0.517. The molecule has 6 nitrogen and oxygen atoms in total. The Balaban J connectivity index is 2.12. The molecule has 32 heavy (non-hydrogen) atoms. The van der Waals surface area contributed by atoms with E-state index in [4.69, 9.17) is 9.47 Å². The second-order valence-corrected chi connectivity index (χ2v) is 9.35. The third kappa shape index (κ3) is 3.91. The van der Waals surface area contributed by atoms with Gasteiger partial charge in [-0.2, -0.15) is 0 Å². The van der Waals surface area contributed by atoms with Gasteiger partial charge in [0, 0.05) is 18.0 Å². The topological polar surface area (TPSA) is 77.8 Å². The van der Waals surface area contributed by atoms with Gasteiger partial charge in [0.1, 0.15) is 5.75 Å². The third-order valence-electron chi connectivity index (χ3n) is 5.82. The van der Waals surface area contributed by atoms with E-state index >= 15 is 0 Å². The van der Waals surface area contributed by atoms with Gasteiger partial charge in [-0.3, -0.25) is 4.79 Å². The lowest BCUT2D eigenvalue weighted by molar-refractivity contribution is -0.161. The lowest BCUT2D eigenvalue weighted by atomic mass is 9.89. The molecule has 3 aromatic rings. The molecule has 1 aliphatic rings. The molecule has 0 saturated heterocycles. The number of aromatic nitrogens is 1. The number of carboxylic acid groups (broad SMARTS) is 1. The van der Waals surface area contributed by atoms with Crippen LogP contribution in [0.4, 0.5) is 0 Å².